The van der Waals surface area contributed by atoms with Crippen molar-refractivity contribution in [3.8, 4) is 61.3 Å². The second kappa shape index (κ2) is 14.9. The van der Waals surface area contributed by atoms with Gasteiger partial charge in [-0.3, -0.25) is 9.59 Å². The fourth-order valence-electron chi connectivity index (χ4n) is 9.45. The summed E-state index contributed by atoms with van der Waals surface area (Å²) in [6.45, 7) is 4.22. The molecule has 1 aliphatic heterocycles. The Morgan fingerprint density at radius 2 is 0.774 bits per heavy atom. The lowest BCUT2D eigenvalue weighted by Gasteiger charge is -2.24. The first kappa shape index (κ1) is 37.0. The van der Waals surface area contributed by atoms with Crippen LogP contribution in [0.4, 0.5) is 5.69 Å². The smallest absolute Gasteiger partial charge is 0.268 e. The van der Waals surface area contributed by atoms with Gasteiger partial charge in [0.05, 0.1) is 33.5 Å². The van der Waals surface area contributed by atoms with Crippen molar-refractivity contribution >= 4 is 39.3 Å². The number of anilines is 1. The van der Waals surface area contributed by atoms with Crippen LogP contribution >= 0.6 is 0 Å². The summed E-state index contributed by atoms with van der Waals surface area (Å²) < 4.78 is 2.25. The number of fused-ring (bicyclic) bond motifs is 4. The molecule has 0 atom stereocenters. The Balaban J connectivity index is 1.22. The predicted octanol–water partition coefficient (Wildman–Crippen LogP) is 14.5. The summed E-state index contributed by atoms with van der Waals surface area (Å²) >= 11 is 0. The number of carbonyl (C=O) groups is 2. The van der Waals surface area contributed by atoms with Gasteiger partial charge in [-0.25, -0.2) is 4.90 Å². The monoisotopic (exact) mass is 796 g/mol. The van der Waals surface area contributed by atoms with E-state index in [2.05, 4.69) is 128 Å². The zero-order valence-corrected chi connectivity index (χ0v) is 34.3. The molecule has 4 heteroatoms. The number of aromatic nitrogens is 1. The number of hydrogen-bond acceptors (Lipinski definition) is 2. The topological polar surface area (TPSA) is 42.3 Å². The molecule has 11 rings (SSSR count). The van der Waals surface area contributed by atoms with Gasteiger partial charge in [0.25, 0.3) is 11.8 Å². The second-order valence-electron chi connectivity index (χ2n) is 16.1. The SMILES string of the molecule is Cc1cccc(-c2cccc3c4cccc(-c5cccc(C)c5)c4n(-c4cccc5c4C(=O)N(c4c(-c6ccccc6)cc(-c6ccccc6)cc4-c4ccccc4)C5=O)c23)c1. The maximum Gasteiger partial charge on any atom is 0.268 e. The van der Waals surface area contributed by atoms with Crippen LogP contribution in [-0.2, 0) is 0 Å². The Bertz CT molecular complexity index is 3240. The lowest BCUT2D eigenvalue weighted by molar-refractivity contribution is 0.0926. The molecule has 294 valence electrons. The minimum absolute atomic E-state index is 0.354. The van der Waals surface area contributed by atoms with E-state index >= 15 is 9.59 Å². The van der Waals surface area contributed by atoms with Crippen molar-refractivity contribution in [3.05, 3.63) is 229 Å². The molecule has 0 radical (unpaired) electrons. The highest BCUT2D eigenvalue weighted by Gasteiger charge is 2.42. The molecule has 0 aliphatic carbocycles. The van der Waals surface area contributed by atoms with Gasteiger partial charge in [0, 0.05) is 33.0 Å². The molecular formula is C58H40N2O2. The maximum absolute atomic E-state index is 15.8. The molecule has 0 bridgehead atoms. The van der Waals surface area contributed by atoms with Crippen LogP contribution in [0.2, 0.25) is 0 Å². The lowest BCUT2D eigenvalue weighted by Crippen LogP contribution is -2.30. The van der Waals surface area contributed by atoms with Gasteiger partial charge < -0.3 is 4.57 Å². The predicted molar refractivity (Wildman–Crippen MR) is 255 cm³/mol. The molecule has 0 fully saturated rings. The number of rotatable bonds is 7. The minimum Gasteiger partial charge on any atom is -0.307 e. The molecule has 0 unspecified atom stereocenters. The summed E-state index contributed by atoms with van der Waals surface area (Å²) in [4.78, 5) is 32.6. The molecule has 1 aromatic heterocycles. The Hall–Kier alpha value is -8.08. The average Bonchev–Trinajstić information content (AvgIpc) is 3.79. The molecule has 9 aromatic carbocycles. The number of aryl methyl sites for hydroxylation is 2. The van der Waals surface area contributed by atoms with Crippen LogP contribution in [0.1, 0.15) is 31.8 Å². The molecule has 10 aromatic rings. The van der Waals surface area contributed by atoms with Crippen molar-refractivity contribution in [2.75, 3.05) is 4.90 Å². The Kier molecular flexibility index (Phi) is 8.87. The zero-order valence-electron chi connectivity index (χ0n) is 34.3. The quantitative estimate of drug-likeness (QED) is 0.151. The Morgan fingerprint density at radius 3 is 1.27 bits per heavy atom. The molecule has 0 saturated carbocycles. The van der Waals surface area contributed by atoms with Crippen LogP contribution < -0.4 is 4.90 Å². The fraction of sp³-hybridized carbons (Fsp3) is 0.0345. The largest absolute Gasteiger partial charge is 0.307 e. The van der Waals surface area contributed by atoms with E-state index in [4.69, 9.17) is 0 Å². The van der Waals surface area contributed by atoms with Crippen molar-refractivity contribution in [2.45, 2.75) is 13.8 Å². The van der Waals surface area contributed by atoms with Gasteiger partial charge in [0.15, 0.2) is 0 Å². The lowest BCUT2D eigenvalue weighted by atomic mass is 9.90. The van der Waals surface area contributed by atoms with E-state index in [0.29, 0.717) is 22.5 Å². The van der Waals surface area contributed by atoms with Gasteiger partial charge in [-0.1, -0.05) is 193 Å². The number of para-hydroxylation sites is 2. The number of carbonyl (C=O) groups excluding carboxylic acids is 2. The molecule has 0 spiro atoms. The third-order valence-electron chi connectivity index (χ3n) is 12.2. The van der Waals surface area contributed by atoms with Crippen molar-refractivity contribution in [1.82, 2.24) is 4.57 Å². The van der Waals surface area contributed by atoms with E-state index in [1.165, 1.54) is 4.90 Å². The number of imide groups is 1. The Morgan fingerprint density at radius 1 is 0.339 bits per heavy atom. The minimum atomic E-state index is -0.363. The number of nitrogens with zero attached hydrogens (tertiary/aromatic N) is 2. The van der Waals surface area contributed by atoms with Crippen molar-refractivity contribution in [2.24, 2.45) is 0 Å². The standard InChI is InChI=1S/C58H40N2O2/c1-37-17-12-25-42(33-37)45-27-14-29-47-48-30-15-28-46(43-26-13-18-38(2)34-43)55(48)59(54(45)47)52-32-16-31-49-53(52)58(62)60(57(49)61)56-50(40-21-8-4-9-22-40)35-44(39-19-6-3-7-20-39)36-51(56)41-23-10-5-11-24-41/h3-36H,1-2H3. The van der Waals surface area contributed by atoms with E-state index in [1.807, 2.05) is 91.0 Å². The number of benzene rings is 9. The van der Waals surface area contributed by atoms with Crippen LogP contribution in [-0.4, -0.2) is 16.4 Å². The fourth-order valence-corrected chi connectivity index (χ4v) is 9.45. The van der Waals surface area contributed by atoms with Crippen molar-refractivity contribution in [3.63, 3.8) is 0 Å². The van der Waals surface area contributed by atoms with Crippen LogP contribution in [0.15, 0.2) is 206 Å². The third kappa shape index (κ3) is 5.99. The molecule has 2 heterocycles. The normalized spacial score (nSPS) is 12.4. The van der Waals surface area contributed by atoms with Gasteiger partial charge in [0.2, 0.25) is 0 Å². The average molecular weight is 797 g/mol. The van der Waals surface area contributed by atoms with Gasteiger partial charge in [-0.2, -0.15) is 0 Å². The summed E-state index contributed by atoms with van der Waals surface area (Å²) in [5.74, 6) is -0.717. The van der Waals surface area contributed by atoms with Crippen molar-refractivity contribution < 1.29 is 9.59 Å². The molecule has 0 N–H and O–H groups in total. The first-order valence-corrected chi connectivity index (χ1v) is 21.0. The highest BCUT2D eigenvalue weighted by atomic mass is 16.2. The first-order chi connectivity index (χ1) is 30.4. The van der Waals surface area contributed by atoms with Gasteiger partial charge >= 0.3 is 0 Å². The number of amides is 2. The highest BCUT2D eigenvalue weighted by molar-refractivity contribution is 6.37. The van der Waals surface area contributed by atoms with Crippen molar-refractivity contribution in [1.29, 1.82) is 0 Å². The molecule has 2 amide bonds. The molecular weight excluding hydrogens is 757 g/mol. The van der Waals surface area contributed by atoms with Crippen LogP contribution in [0.5, 0.6) is 0 Å². The van der Waals surface area contributed by atoms with E-state index in [1.54, 1.807) is 6.07 Å². The third-order valence-corrected chi connectivity index (χ3v) is 12.2. The summed E-state index contributed by atoms with van der Waals surface area (Å²) in [6.07, 6.45) is 0. The highest BCUT2D eigenvalue weighted by Crippen LogP contribution is 2.48. The van der Waals surface area contributed by atoms with Gasteiger partial charge in [-0.05, 0) is 71.5 Å². The van der Waals surface area contributed by atoms with E-state index in [9.17, 15) is 0 Å². The Labute approximate surface area is 360 Å². The molecule has 4 nitrogen and oxygen atoms in total. The summed E-state index contributed by atoms with van der Waals surface area (Å²) in [5, 5.41) is 2.13. The van der Waals surface area contributed by atoms with E-state index in [0.717, 1.165) is 88.6 Å². The summed E-state index contributed by atoms with van der Waals surface area (Å²) in [5.41, 5.74) is 15.9. The van der Waals surface area contributed by atoms with E-state index < -0.39 is 0 Å². The van der Waals surface area contributed by atoms with E-state index in [-0.39, 0.29) is 11.8 Å². The first-order valence-electron chi connectivity index (χ1n) is 21.0. The second-order valence-corrected chi connectivity index (χ2v) is 16.1. The molecule has 1 aliphatic rings. The molecule has 62 heavy (non-hydrogen) atoms. The van der Waals surface area contributed by atoms with Crippen LogP contribution in [0.25, 0.3) is 83.1 Å². The molecule has 0 saturated heterocycles. The maximum atomic E-state index is 15.8. The van der Waals surface area contributed by atoms with Crippen LogP contribution in [0, 0.1) is 13.8 Å². The summed E-state index contributed by atoms with van der Waals surface area (Å²) in [7, 11) is 0. The zero-order chi connectivity index (χ0) is 41.9. The van der Waals surface area contributed by atoms with Crippen LogP contribution in [0.3, 0.4) is 0 Å². The summed E-state index contributed by atoms with van der Waals surface area (Å²) in [6, 6.07) is 70.3. The van der Waals surface area contributed by atoms with Gasteiger partial charge in [0.1, 0.15) is 0 Å². The number of hydrogen-bond donors (Lipinski definition) is 0. The van der Waals surface area contributed by atoms with Gasteiger partial charge in [-0.15, -0.1) is 0 Å².